The summed E-state index contributed by atoms with van der Waals surface area (Å²) in [5, 5.41) is 0. The maximum atomic E-state index is 12.6. The molecule has 0 N–H and O–H groups in total. The smallest absolute Gasteiger partial charge is 0.194 e. The Bertz CT molecular complexity index is 623. The molecule has 20 heavy (non-hydrogen) atoms. The number of benzene rings is 1. The first-order chi connectivity index (χ1) is 9.42. The van der Waals surface area contributed by atoms with Crippen molar-refractivity contribution in [2.24, 2.45) is 5.41 Å². The fraction of sp³-hybridized carbons (Fsp3) is 0.312. The van der Waals surface area contributed by atoms with Crippen LogP contribution in [-0.4, -0.2) is 24.5 Å². The first-order valence-electron chi connectivity index (χ1n) is 6.45. The number of hydrogen-bond acceptors (Lipinski definition) is 4. The molecular formula is C16H16O4. The first kappa shape index (κ1) is 14.2. The number of Topliss-reactive ketones (excluding diaryl/α,β-unsaturated/α-hetero) is 1. The van der Waals surface area contributed by atoms with Gasteiger partial charge in [0.1, 0.15) is 12.0 Å². The van der Waals surface area contributed by atoms with Crippen LogP contribution in [0.3, 0.4) is 0 Å². The van der Waals surface area contributed by atoms with Crippen molar-refractivity contribution in [2.75, 3.05) is 6.61 Å². The molecule has 0 heterocycles. The highest BCUT2D eigenvalue weighted by Gasteiger charge is 2.36. The molecule has 4 heteroatoms. The highest BCUT2D eigenvalue weighted by atomic mass is 16.5. The maximum absolute atomic E-state index is 12.6. The van der Waals surface area contributed by atoms with Gasteiger partial charge in [0.05, 0.1) is 12.2 Å². The predicted octanol–water partition coefficient (Wildman–Crippen LogP) is 2.62. The maximum Gasteiger partial charge on any atom is 0.194 e. The van der Waals surface area contributed by atoms with Gasteiger partial charge >= 0.3 is 0 Å². The van der Waals surface area contributed by atoms with Crippen molar-refractivity contribution in [1.29, 1.82) is 0 Å². The number of ether oxygens (including phenoxy) is 1. The number of ketones is 2. The monoisotopic (exact) mass is 272 g/mol. The summed E-state index contributed by atoms with van der Waals surface area (Å²) in [5.41, 5.74) is -0.209. The van der Waals surface area contributed by atoms with E-state index in [1.165, 1.54) is 6.08 Å². The number of rotatable bonds is 4. The third kappa shape index (κ3) is 2.18. The van der Waals surface area contributed by atoms with Crippen molar-refractivity contribution in [1.82, 2.24) is 0 Å². The van der Waals surface area contributed by atoms with Gasteiger partial charge in [0.25, 0.3) is 0 Å². The molecule has 104 valence electrons. The van der Waals surface area contributed by atoms with Crippen LogP contribution in [-0.2, 0) is 4.79 Å². The molecule has 0 aromatic heterocycles. The molecule has 1 aromatic rings. The van der Waals surface area contributed by atoms with Crippen molar-refractivity contribution in [3.63, 3.8) is 0 Å². The molecular weight excluding hydrogens is 256 g/mol. The van der Waals surface area contributed by atoms with Gasteiger partial charge < -0.3 is 9.53 Å². The van der Waals surface area contributed by atoms with E-state index in [2.05, 4.69) is 0 Å². The van der Waals surface area contributed by atoms with E-state index in [0.29, 0.717) is 24.2 Å². The zero-order chi connectivity index (χ0) is 14.9. The summed E-state index contributed by atoms with van der Waals surface area (Å²) in [6, 6.07) is 4.93. The van der Waals surface area contributed by atoms with Gasteiger partial charge in [-0.2, -0.15) is 0 Å². The Labute approximate surface area is 117 Å². The Balaban J connectivity index is 2.63. The minimum absolute atomic E-state index is 0.206. The highest BCUT2D eigenvalue weighted by molar-refractivity contribution is 6.26. The van der Waals surface area contributed by atoms with E-state index in [0.717, 1.165) is 0 Å². The van der Waals surface area contributed by atoms with Gasteiger partial charge in [-0.15, -0.1) is 0 Å². The van der Waals surface area contributed by atoms with Crippen LogP contribution in [0.4, 0.5) is 0 Å². The number of aldehydes is 1. The fourth-order valence-corrected chi connectivity index (χ4v) is 2.20. The molecule has 2 rings (SSSR count). The quantitative estimate of drug-likeness (QED) is 0.790. The molecule has 0 aliphatic heterocycles. The van der Waals surface area contributed by atoms with Crippen molar-refractivity contribution >= 4 is 17.9 Å². The zero-order valence-corrected chi connectivity index (χ0v) is 11.7. The third-order valence-corrected chi connectivity index (χ3v) is 3.33. The minimum atomic E-state index is -0.996. The van der Waals surface area contributed by atoms with Crippen LogP contribution in [0.25, 0.3) is 0 Å². The van der Waals surface area contributed by atoms with E-state index >= 15 is 0 Å². The lowest BCUT2D eigenvalue weighted by molar-refractivity contribution is -0.113. The third-order valence-electron chi connectivity index (χ3n) is 3.33. The van der Waals surface area contributed by atoms with Gasteiger partial charge in [-0.3, -0.25) is 9.59 Å². The Hall–Kier alpha value is -2.23. The zero-order valence-electron chi connectivity index (χ0n) is 11.7. The lowest BCUT2D eigenvalue weighted by Gasteiger charge is -2.25. The van der Waals surface area contributed by atoms with Gasteiger partial charge in [0.15, 0.2) is 11.6 Å². The molecule has 4 nitrogen and oxygen atoms in total. The number of hydrogen-bond donors (Lipinski definition) is 0. The molecule has 0 saturated carbocycles. The second-order valence-corrected chi connectivity index (χ2v) is 5.20. The van der Waals surface area contributed by atoms with E-state index in [-0.39, 0.29) is 22.7 Å². The van der Waals surface area contributed by atoms with E-state index in [1.807, 2.05) is 0 Å². The molecule has 0 unspecified atom stereocenters. The average molecular weight is 272 g/mol. The average Bonchev–Trinajstić information content (AvgIpc) is 2.43. The molecule has 0 fully saturated rings. The second kappa shape index (κ2) is 5.04. The summed E-state index contributed by atoms with van der Waals surface area (Å²) in [5.74, 6) is -0.206. The summed E-state index contributed by atoms with van der Waals surface area (Å²) in [7, 11) is 0. The SMILES string of the molecule is CCOc1cccc2c1C(=O)C(C(C)(C)C=O)=CC2=O. The molecule has 0 spiro atoms. The molecule has 1 aliphatic carbocycles. The normalized spacial score (nSPS) is 14.7. The van der Waals surface area contributed by atoms with Crippen molar-refractivity contribution < 1.29 is 19.1 Å². The molecule has 1 aliphatic rings. The van der Waals surface area contributed by atoms with Crippen LogP contribution in [0.5, 0.6) is 5.75 Å². The fourth-order valence-electron chi connectivity index (χ4n) is 2.20. The van der Waals surface area contributed by atoms with E-state index in [9.17, 15) is 14.4 Å². The number of fused-ring (bicyclic) bond motifs is 1. The van der Waals surface area contributed by atoms with Crippen LogP contribution < -0.4 is 4.74 Å². The Morgan fingerprint density at radius 1 is 1.25 bits per heavy atom. The van der Waals surface area contributed by atoms with Gasteiger partial charge in [0, 0.05) is 16.6 Å². The highest BCUT2D eigenvalue weighted by Crippen LogP contribution is 2.36. The summed E-state index contributed by atoms with van der Waals surface area (Å²) in [6.45, 7) is 5.44. The Morgan fingerprint density at radius 3 is 2.55 bits per heavy atom. The number of allylic oxidation sites excluding steroid dienone is 2. The first-order valence-corrected chi connectivity index (χ1v) is 6.45. The van der Waals surface area contributed by atoms with Crippen molar-refractivity contribution in [3.05, 3.63) is 41.0 Å². The standard InChI is InChI=1S/C16H16O4/c1-4-20-13-7-5-6-10-12(18)8-11(15(19)14(10)13)16(2,3)9-17/h5-9H,4H2,1-3H3. The topological polar surface area (TPSA) is 60.4 Å². The Kier molecular flexibility index (Phi) is 3.57. The lowest BCUT2D eigenvalue weighted by Crippen LogP contribution is -2.28. The van der Waals surface area contributed by atoms with Gasteiger partial charge in [-0.1, -0.05) is 12.1 Å². The summed E-state index contributed by atoms with van der Waals surface area (Å²) < 4.78 is 5.43. The number of carbonyl (C=O) groups excluding carboxylic acids is 3. The van der Waals surface area contributed by atoms with Crippen LogP contribution in [0, 0.1) is 5.41 Å². The lowest BCUT2D eigenvalue weighted by atomic mass is 9.76. The van der Waals surface area contributed by atoms with E-state index in [4.69, 9.17) is 4.74 Å². The molecule has 0 bridgehead atoms. The van der Waals surface area contributed by atoms with Gasteiger partial charge in [0.2, 0.25) is 0 Å². The molecule has 0 saturated heterocycles. The van der Waals surface area contributed by atoms with Crippen molar-refractivity contribution in [3.8, 4) is 5.75 Å². The molecule has 0 atom stereocenters. The van der Waals surface area contributed by atoms with E-state index < -0.39 is 5.41 Å². The second-order valence-electron chi connectivity index (χ2n) is 5.20. The van der Waals surface area contributed by atoms with E-state index in [1.54, 1.807) is 39.0 Å². The number of carbonyl (C=O) groups is 3. The van der Waals surface area contributed by atoms with Crippen LogP contribution in [0.15, 0.2) is 29.8 Å². The van der Waals surface area contributed by atoms with Gasteiger partial charge in [-0.25, -0.2) is 0 Å². The van der Waals surface area contributed by atoms with Crippen LogP contribution in [0.1, 0.15) is 41.5 Å². The largest absolute Gasteiger partial charge is 0.493 e. The minimum Gasteiger partial charge on any atom is -0.493 e. The molecule has 1 aromatic carbocycles. The molecule has 0 radical (unpaired) electrons. The van der Waals surface area contributed by atoms with Crippen LogP contribution in [0.2, 0.25) is 0 Å². The summed E-state index contributed by atoms with van der Waals surface area (Å²) >= 11 is 0. The van der Waals surface area contributed by atoms with Crippen molar-refractivity contribution in [2.45, 2.75) is 20.8 Å². The Morgan fingerprint density at radius 2 is 1.95 bits per heavy atom. The van der Waals surface area contributed by atoms with Crippen LogP contribution >= 0.6 is 0 Å². The summed E-state index contributed by atoms with van der Waals surface area (Å²) in [4.78, 5) is 35.9. The predicted molar refractivity (Wildman–Crippen MR) is 74.2 cm³/mol. The molecule has 0 amide bonds. The van der Waals surface area contributed by atoms with Gasteiger partial charge in [-0.05, 0) is 32.9 Å². The summed E-state index contributed by atoms with van der Waals surface area (Å²) in [6.07, 6.45) is 1.94.